The molecule has 1 aromatic carbocycles. The molecule has 0 aliphatic heterocycles. The normalized spacial score (nSPS) is 20.0. The van der Waals surface area contributed by atoms with Crippen LogP contribution in [0.5, 0.6) is 0 Å². The standard InChI is InChI=1S/C18H21N3O3/c1-12-9-14(18(23)24)6-5-13(12)10-17(22)20-15-3-2-4-16(15)21-8-7-19-11-21/h5-9,11,15-16H,2-4,10H2,1H3,(H,20,22)(H,23,24)/t15-,16+/m1/s1. The van der Waals surface area contributed by atoms with E-state index in [0.29, 0.717) is 0 Å². The molecule has 0 saturated heterocycles. The summed E-state index contributed by atoms with van der Waals surface area (Å²) >= 11 is 0. The average Bonchev–Trinajstić information content (AvgIpc) is 3.19. The van der Waals surface area contributed by atoms with Crippen LogP contribution in [0.3, 0.4) is 0 Å². The SMILES string of the molecule is Cc1cc(C(=O)O)ccc1CC(=O)N[C@@H]1CCC[C@@H]1n1ccnc1. The highest BCUT2D eigenvalue weighted by Crippen LogP contribution is 2.30. The number of aromatic carboxylic acids is 1. The maximum Gasteiger partial charge on any atom is 0.335 e. The van der Waals surface area contributed by atoms with Gasteiger partial charge in [-0.3, -0.25) is 4.79 Å². The first-order chi connectivity index (χ1) is 11.5. The minimum Gasteiger partial charge on any atom is -0.478 e. The van der Waals surface area contributed by atoms with E-state index < -0.39 is 5.97 Å². The Bertz CT molecular complexity index is 740. The van der Waals surface area contributed by atoms with Gasteiger partial charge < -0.3 is 15.0 Å². The summed E-state index contributed by atoms with van der Waals surface area (Å²) in [5.74, 6) is -0.985. The molecule has 126 valence electrons. The van der Waals surface area contributed by atoms with Crippen LogP contribution in [0.1, 0.15) is 46.8 Å². The van der Waals surface area contributed by atoms with E-state index in [1.54, 1.807) is 30.7 Å². The van der Waals surface area contributed by atoms with Gasteiger partial charge in [0.15, 0.2) is 0 Å². The maximum absolute atomic E-state index is 12.4. The van der Waals surface area contributed by atoms with Crippen molar-refractivity contribution in [3.8, 4) is 0 Å². The Morgan fingerprint density at radius 1 is 1.38 bits per heavy atom. The zero-order chi connectivity index (χ0) is 17.1. The largest absolute Gasteiger partial charge is 0.478 e. The molecule has 6 heteroatoms. The highest BCUT2D eigenvalue weighted by Gasteiger charge is 2.29. The van der Waals surface area contributed by atoms with Gasteiger partial charge in [-0.25, -0.2) is 9.78 Å². The van der Waals surface area contributed by atoms with Gasteiger partial charge in [0.25, 0.3) is 0 Å². The molecular weight excluding hydrogens is 306 g/mol. The topological polar surface area (TPSA) is 84.2 Å². The number of carbonyl (C=O) groups is 2. The lowest BCUT2D eigenvalue weighted by molar-refractivity contribution is -0.121. The Hall–Kier alpha value is -2.63. The quantitative estimate of drug-likeness (QED) is 0.883. The number of aromatic nitrogens is 2. The third-order valence-corrected chi connectivity index (χ3v) is 4.67. The van der Waals surface area contributed by atoms with Crippen LogP contribution in [0, 0.1) is 6.92 Å². The molecular formula is C18H21N3O3. The first-order valence-electron chi connectivity index (χ1n) is 8.14. The molecule has 1 amide bonds. The van der Waals surface area contributed by atoms with Crippen molar-refractivity contribution in [1.82, 2.24) is 14.9 Å². The minimum absolute atomic E-state index is 0.0295. The van der Waals surface area contributed by atoms with Gasteiger partial charge >= 0.3 is 5.97 Å². The van der Waals surface area contributed by atoms with Crippen LogP contribution in [0.25, 0.3) is 0 Å². The van der Waals surface area contributed by atoms with Gasteiger partial charge in [-0.05, 0) is 49.4 Å². The van der Waals surface area contributed by atoms with Crippen LogP contribution >= 0.6 is 0 Å². The number of carbonyl (C=O) groups excluding carboxylic acids is 1. The summed E-state index contributed by atoms with van der Waals surface area (Å²) in [4.78, 5) is 27.5. The summed E-state index contributed by atoms with van der Waals surface area (Å²) in [6.45, 7) is 1.83. The molecule has 2 aromatic rings. The fourth-order valence-corrected chi connectivity index (χ4v) is 3.39. The number of hydrogen-bond donors (Lipinski definition) is 2. The Morgan fingerprint density at radius 2 is 2.21 bits per heavy atom. The number of carboxylic acid groups (broad SMARTS) is 1. The second kappa shape index (κ2) is 6.86. The van der Waals surface area contributed by atoms with Crippen molar-refractivity contribution < 1.29 is 14.7 Å². The van der Waals surface area contributed by atoms with Gasteiger partial charge in [0.05, 0.1) is 24.4 Å². The van der Waals surface area contributed by atoms with Crippen molar-refractivity contribution >= 4 is 11.9 Å². The molecule has 0 unspecified atom stereocenters. The summed E-state index contributed by atoms with van der Waals surface area (Å²) in [5.41, 5.74) is 1.92. The monoisotopic (exact) mass is 327 g/mol. The molecule has 1 aliphatic rings. The van der Waals surface area contributed by atoms with Crippen LogP contribution in [0.4, 0.5) is 0 Å². The van der Waals surface area contributed by atoms with Crippen molar-refractivity contribution in [2.24, 2.45) is 0 Å². The van der Waals surface area contributed by atoms with Crippen molar-refractivity contribution in [3.05, 3.63) is 53.6 Å². The maximum atomic E-state index is 12.4. The average molecular weight is 327 g/mol. The lowest BCUT2D eigenvalue weighted by Gasteiger charge is -2.22. The molecule has 3 rings (SSSR count). The fraction of sp³-hybridized carbons (Fsp3) is 0.389. The second-order valence-electron chi connectivity index (χ2n) is 6.31. The number of aryl methyl sites for hydroxylation is 1. The van der Waals surface area contributed by atoms with E-state index in [-0.39, 0.29) is 30.0 Å². The van der Waals surface area contributed by atoms with Crippen LogP contribution in [0.15, 0.2) is 36.9 Å². The summed E-state index contributed by atoms with van der Waals surface area (Å²) < 4.78 is 2.06. The number of nitrogens with one attached hydrogen (secondary N) is 1. The Kier molecular flexibility index (Phi) is 4.64. The van der Waals surface area contributed by atoms with Crippen molar-refractivity contribution in [2.75, 3.05) is 0 Å². The molecule has 2 N–H and O–H groups in total. The number of imidazole rings is 1. The molecule has 1 heterocycles. The second-order valence-corrected chi connectivity index (χ2v) is 6.31. The van der Waals surface area contributed by atoms with E-state index in [2.05, 4.69) is 14.9 Å². The van der Waals surface area contributed by atoms with Crippen LogP contribution in [0.2, 0.25) is 0 Å². The predicted molar refractivity (Wildman–Crippen MR) is 88.9 cm³/mol. The first kappa shape index (κ1) is 16.2. The number of amides is 1. The summed E-state index contributed by atoms with van der Waals surface area (Å²) in [5, 5.41) is 12.1. The number of hydrogen-bond acceptors (Lipinski definition) is 3. The molecule has 24 heavy (non-hydrogen) atoms. The summed E-state index contributed by atoms with van der Waals surface area (Å²) in [6.07, 6.45) is 8.83. The van der Waals surface area contributed by atoms with Gasteiger partial charge in [-0.2, -0.15) is 0 Å². The fourth-order valence-electron chi connectivity index (χ4n) is 3.39. The molecule has 0 bridgehead atoms. The molecule has 6 nitrogen and oxygen atoms in total. The van der Waals surface area contributed by atoms with E-state index in [0.717, 1.165) is 30.4 Å². The number of benzene rings is 1. The van der Waals surface area contributed by atoms with E-state index in [1.807, 2.05) is 13.1 Å². The third-order valence-electron chi connectivity index (χ3n) is 4.67. The van der Waals surface area contributed by atoms with Gasteiger partial charge in [-0.1, -0.05) is 6.07 Å². The van der Waals surface area contributed by atoms with Crippen molar-refractivity contribution in [1.29, 1.82) is 0 Å². The zero-order valence-corrected chi connectivity index (χ0v) is 13.6. The van der Waals surface area contributed by atoms with Gasteiger partial charge in [0, 0.05) is 18.4 Å². The molecule has 0 radical (unpaired) electrons. The molecule has 0 spiro atoms. The third kappa shape index (κ3) is 3.48. The molecule has 1 saturated carbocycles. The Labute approximate surface area is 140 Å². The van der Waals surface area contributed by atoms with E-state index >= 15 is 0 Å². The Balaban J connectivity index is 1.64. The molecule has 1 fully saturated rings. The van der Waals surface area contributed by atoms with E-state index in [1.165, 1.54) is 0 Å². The summed E-state index contributed by atoms with van der Waals surface area (Å²) in [6, 6.07) is 5.24. The highest BCUT2D eigenvalue weighted by molar-refractivity contribution is 5.88. The van der Waals surface area contributed by atoms with Crippen LogP contribution in [-0.2, 0) is 11.2 Å². The minimum atomic E-state index is -0.955. The van der Waals surface area contributed by atoms with Gasteiger partial charge in [0.2, 0.25) is 5.91 Å². The lowest BCUT2D eigenvalue weighted by Crippen LogP contribution is -2.39. The van der Waals surface area contributed by atoms with Crippen molar-refractivity contribution in [3.63, 3.8) is 0 Å². The van der Waals surface area contributed by atoms with E-state index in [4.69, 9.17) is 5.11 Å². The zero-order valence-electron chi connectivity index (χ0n) is 13.6. The number of rotatable bonds is 5. The molecule has 2 atom stereocenters. The van der Waals surface area contributed by atoms with Crippen LogP contribution in [-0.4, -0.2) is 32.6 Å². The number of carboxylic acids is 1. The van der Waals surface area contributed by atoms with E-state index in [9.17, 15) is 9.59 Å². The van der Waals surface area contributed by atoms with Gasteiger partial charge in [-0.15, -0.1) is 0 Å². The van der Waals surface area contributed by atoms with Crippen LogP contribution < -0.4 is 5.32 Å². The predicted octanol–water partition coefficient (Wildman–Crippen LogP) is 2.34. The highest BCUT2D eigenvalue weighted by atomic mass is 16.4. The molecule has 1 aromatic heterocycles. The summed E-state index contributed by atoms with van der Waals surface area (Å²) in [7, 11) is 0. The lowest BCUT2D eigenvalue weighted by atomic mass is 10.0. The smallest absolute Gasteiger partial charge is 0.335 e. The molecule has 1 aliphatic carbocycles. The van der Waals surface area contributed by atoms with Crippen molar-refractivity contribution in [2.45, 2.75) is 44.7 Å². The Morgan fingerprint density at radius 3 is 2.88 bits per heavy atom. The number of nitrogens with zero attached hydrogens (tertiary/aromatic N) is 2. The first-order valence-corrected chi connectivity index (χ1v) is 8.14. The van der Waals surface area contributed by atoms with Gasteiger partial charge in [0.1, 0.15) is 0 Å².